The fourth-order valence-corrected chi connectivity index (χ4v) is 2.54. The zero-order chi connectivity index (χ0) is 19.9. The van der Waals surface area contributed by atoms with E-state index in [0.717, 1.165) is 5.56 Å². The van der Waals surface area contributed by atoms with Gasteiger partial charge in [-0.3, -0.25) is 9.78 Å². The first-order valence-corrected chi connectivity index (χ1v) is 8.76. The third kappa shape index (κ3) is 4.72. The Morgan fingerprint density at radius 1 is 1.25 bits per heavy atom. The van der Waals surface area contributed by atoms with E-state index in [9.17, 15) is 14.4 Å². The molecule has 0 aliphatic carbocycles. The molecule has 2 aromatic heterocycles. The molecule has 2 amide bonds. The van der Waals surface area contributed by atoms with Crippen LogP contribution >= 0.6 is 0 Å². The van der Waals surface area contributed by atoms with Crippen LogP contribution in [0.1, 0.15) is 18.9 Å². The molecule has 0 unspecified atom stereocenters. The highest BCUT2D eigenvalue weighted by atomic mass is 16.5. The van der Waals surface area contributed by atoms with Crippen LogP contribution in [0.5, 0.6) is 0 Å². The van der Waals surface area contributed by atoms with Gasteiger partial charge in [-0.2, -0.15) is 4.98 Å². The summed E-state index contributed by atoms with van der Waals surface area (Å²) in [5, 5.41) is 5.10. The highest BCUT2D eigenvalue weighted by Crippen LogP contribution is 2.15. The van der Waals surface area contributed by atoms with Crippen LogP contribution in [-0.2, 0) is 22.7 Å². The molecule has 0 fully saturated rings. The number of fused-ring (bicyclic) bond motifs is 1. The summed E-state index contributed by atoms with van der Waals surface area (Å²) < 4.78 is 6.77. The van der Waals surface area contributed by atoms with E-state index in [1.807, 2.05) is 37.3 Å². The van der Waals surface area contributed by atoms with Crippen molar-refractivity contribution in [2.24, 2.45) is 0 Å². The van der Waals surface area contributed by atoms with Crippen LogP contribution in [0.15, 0.2) is 41.5 Å². The molecule has 0 radical (unpaired) electrons. The number of nitrogens with zero attached hydrogens (tertiary/aromatic N) is 3. The molecule has 2 heterocycles. The lowest BCUT2D eigenvalue weighted by atomic mass is 10.2. The number of benzene rings is 1. The largest absolute Gasteiger partial charge is 0.445 e. The van der Waals surface area contributed by atoms with Gasteiger partial charge in [0.25, 0.3) is 0 Å². The monoisotopic (exact) mass is 384 g/mol. The number of carbonyl (C=O) groups is 2. The number of amides is 2. The molecule has 3 N–H and O–H groups in total. The number of alkyl carbamates (subject to hydrolysis) is 1. The Labute approximate surface area is 160 Å². The number of aryl methyl sites for hydroxylation is 1. The third-order valence-corrected chi connectivity index (χ3v) is 3.93. The van der Waals surface area contributed by atoms with Gasteiger partial charge in [0, 0.05) is 19.5 Å². The molecule has 0 aliphatic rings. The fourth-order valence-electron chi connectivity index (χ4n) is 2.54. The molecule has 0 bridgehead atoms. The number of hydrogen-bond acceptors (Lipinski definition) is 6. The normalized spacial score (nSPS) is 10.6. The van der Waals surface area contributed by atoms with Crippen LogP contribution in [0.3, 0.4) is 0 Å². The summed E-state index contributed by atoms with van der Waals surface area (Å²) in [6, 6.07) is 9.27. The number of imidazole rings is 1. The molecule has 0 spiro atoms. The van der Waals surface area contributed by atoms with Crippen molar-refractivity contribution in [1.29, 1.82) is 0 Å². The van der Waals surface area contributed by atoms with Crippen molar-refractivity contribution in [1.82, 2.24) is 24.8 Å². The molecule has 0 saturated carbocycles. The Morgan fingerprint density at radius 3 is 2.79 bits per heavy atom. The second-order valence-corrected chi connectivity index (χ2v) is 5.91. The van der Waals surface area contributed by atoms with Crippen LogP contribution in [0.25, 0.3) is 11.2 Å². The van der Waals surface area contributed by atoms with Gasteiger partial charge in [-0.1, -0.05) is 30.3 Å². The van der Waals surface area contributed by atoms with Crippen molar-refractivity contribution in [2.75, 3.05) is 11.9 Å². The zero-order valence-corrected chi connectivity index (χ0v) is 15.3. The maximum atomic E-state index is 12.1. The second kappa shape index (κ2) is 8.80. The van der Waals surface area contributed by atoms with Crippen LogP contribution in [0.2, 0.25) is 0 Å². The summed E-state index contributed by atoms with van der Waals surface area (Å²) in [4.78, 5) is 46.0. The predicted octanol–water partition coefficient (Wildman–Crippen LogP) is 1.39. The minimum absolute atomic E-state index is 0.000764. The second-order valence-electron chi connectivity index (χ2n) is 5.91. The Hall–Kier alpha value is -3.69. The quantitative estimate of drug-likeness (QED) is 0.564. The summed E-state index contributed by atoms with van der Waals surface area (Å²) >= 11 is 0. The van der Waals surface area contributed by atoms with Gasteiger partial charge in [0.05, 0.1) is 6.33 Å². The Balaban J connectivity index is 1.49. The van der Waals surface area contributed by atoms with Gasteiger partial charge in [0.15, 0.2) is 5.65 Å². The minimum atomic E-state index is -0.613. The molecular weight excluding hydrogens is 364 g/mol. The van der Waals surface area contributed by atoms with Gasteiger partial charge in [0.1, 0.15) is 17.9 Å². The van der Waals surface area contributed by atoms with E-state index >= 15 is 0 Å². The number of rotatable bonds is 7. The molecule has 0 atom stereocenters. The Morgan fingerprint density at radius 2 is 2.04 bits per heavy atom. The maximum absolute atomic E-state index is 12.1. The van der Waals surface area contributed by atoms with Gasteiger partial charge in [0.2, 0.25) is 5.91 Å². The summed E-state index contributed by atoms with van der Waals surface area (Å²) in [5.74, 6) is -0.212. The molecule has 146 valence electrons. The van der Waals surface area contributed by atoms with Crippen molar-refractivity contribution in [3.05, 3.63) is 52.7 Å². The summed E-state index contributed by atoms with van der Waals surface area (Å²) in [5.41, 5.74) is 1.07. The van der Waals surface area contributed by atoms with Crippen molar-refractivity contribution >= 4 is 29.0 Å². The average Bonchev–Trinajstić information content (AvgIpc) is 3.10. The van der Waals surface area contributed by atoms with E-state index in [0.29, 0.717) is 17.7 Å². The number of aromatic amines is 1. The molecule has 10 heteroatoms. The number of anilines is 1. The van der Waals surface area contributed by atoms with E-state index in [1.54, 1.807) is 10.9 Å². The van der Waals surface area contributed by atoms with Crippen molar-refractivity contribution in [3.63, 3.8) is 0 Å². The summed E-state index contributed by atoms with van der Waals surface area (Å²) in [7, 11) is 0. The molecule has 10 nitrogen and oxygen atoms in total. The number of H-pyrrole nitrogens is 1. The topological polar surface area (TPSA) is 131 Å². The van der Waals surface area contributed by atoms with Crippen LogP contribution in [0.4, 0.5) is 10.6 Å². The highest BCUT2D eigenvalue weighted by Gasteiger charge is 2.13. The molecular formula is C18H20N6O4. The van der Waals surface area contributed by atoms with Crippen LogP contribution < -0.4 is 16.3 Å². The molecule has 1 aromatic carbocycles. The van der Waals surface area contributed by atoms with Gasteiger partial charge >= 0.3 is 11.8 Å². The molecule has 0 saturated heterocycles. The molecule has 3 rings (SSSR count). The van der Waals surface area contributed by atoms with Crippen molar-refractivity contribution < 1.29 is 14.3 Å². The first kappa shape index (κ1) is 19.1. The summed E-state index contributed by atoms with van der Waals surface area (Å²) in [6.07, 6.45) is 0.934. The smallest absolute Gasteiger partial charge is 0.407 e. The third-order valence-electron chi connectivity index (χ3n) is 3.93. The van der Waals surface area contributed by atoms with E-state index in [1.165, 1.54) is 0 Å². The van der Waals surface area contributed by atoms with E-state index in [-0.39, 0.29) is 25.4 Å². The van der Waals surface area contributed by atoms with Gasteiger partial charge in [-0.25, -0.2) is 14.6 Å². The zero-order valence-electron chi connectivity index (χ0n) is 15.3. The average molecular weight is 384 g/mol. The molecule has 28 heavy (non-hydrogen) atoms. The number of aromatic nitrogens is 4. The molecule has 3 aromatic rings. The maximum Gasteiger partial charge on any atom is 0.407 e. The van der Waals surface area contributed by atoms with E-state index < -0.39 is 17.7 Å². The highest BCUT2D eigenvalue weighted by molar-refractivity contribution is 5.96. The SMILES string of the molecule is CCn1cnc2c(NC(=O)CCNC(=O)OCc3ccccc3)[nH]c(=O)nc21. The number of hydrogen-bond donors (Lipinski definition) is 3. The van der Waals surface area contributed by atoms with E-state index in [2.05, 4.69) is 25.6 Å². The number of carbonyl (C=O) groups excluding carboxylic acids is 2. The first-order chi connectivity index (χ1) is 13.6. The lowest BCUT2D eigenvalue weighted by Crippen LogP contribution is -2.28. The number of ether oxygens (including phenoxy) is 1. The van der Waals surface area contributed by atoms with Crippen LogP contribution in [0, 0.1) is 0 Å². The fraction of sp³-hybridized carbons (Fsp3) is 0.278. The number of nitrogens with one attached hydrogen (secondary N) is 3. The standard InChI is InChI=1S/C18H20N6O4/c1-2-24-11-20-14-15(22-17(26)23-16(14)24)21-13(25)8-9-19-18(27)28-10-12-6-4-3-5-7-12/h3-7,11H,2,8-10H2,1H3,(H,19,27)(H2,21,22,23,25,26). The predicted molar refractivity (Wildman–Crippen MR) is 102 cm³/mol. The van der Waals surface area contributed by atoms with Gasteiger partial charge < -0.3 is 19.9 Å². The molecule has 0 aliphatic heterocycles. The lowest BCUT2D eigenvalue weighted by molar-refractivity contribution is -0.116. The Bertz CT molecular complexity index is 1030. The van der Waals surface area contributed by atoms with Crippen LogP contribution in [-0.4, -0.2) is 38.1 Å². The van der Waals surface area contributed by atoms with Gasteiger partial charge in [-0.05, 0) is 12.5 Å². The Kier molecular flexibility index (Phi) is 6.00. The van der Waals surface area contributed by atoms with E-state index in [4.69, 9.17) is 4.74 Å². The van der Waals surface area contributed by atoms with Crippen molar-refractivity contribution in [2.45, 2.75) is 26.5 Å². The summed E-state index contributed by atoms with van der Waals surface area (Å²) in [6.45, 7) is 2.72. The first-order valence-electron chi connectivity index (χ1n) is 8.76. The van der Waals surface area contributed by atoms with Gasteiger partial charge in [-0.15, -0.1) is 0 Å². The van der Waals surface area contributed by atoms with Crippen molar-refractivity contribution in [3.8, 4) is 0 Å². The lowest BCUT2D eigenvalue weighted by Gasteiger charge is -2.08. The minimum Gasteiger partial charge on any atom is -0.445 e.